The number of ether oxygens (including phenoxy) is 1. The van der Waals surface area contributed by atoms with Gasteiger partial charge in [0.05, 0.1) is 13.2 Å². The zero-order valence-corrected chi connectivity index (χ0v) is 12.5. The van der Waals surface area contributed by atoms with E-state index in [0.717, 1.165) is 19.4 Å². The van der Waals surface area contributed by atoms with Gasteiger partial charge in [-0.25, -0.2) is 0 Å². The second-order valence-electron chi connectivity index (χ2n) is 6.40. The fourth-order valence-electron chi connectivity index (χ4n) is 3.89. The molecule has 1 aliphatic carbocycles. The maximum atomic E-state index is 9.69. The van der Waals surface area contributed by atoms with Gasteiger partial charge in [-0.3, -0.25) is 4.90 Å². The third-order valence-corrected chi connectivity index (χ3v) is 5.12. The Kier molecular flexibility index (Phi) is 5.63. The molecule has 2 rings (SSSR count). The minimum absolute atomic E-state index is 0.0445. The quantitative estimate of drug-likeness (QED) is 0.789. The van der Waals surface area contributed by atoms with Crippen LogP contribution in [0.15, 0.2) is 0 Å². The number of hydrogen-bond donors (Lipinski definition) is 2. The van der Waals surface area contributed by atoms with Crippen molar-refractivity contribution in [3.05, 3.63) is 0 Å². The summed E-state index contributed by atoms with van der Waals surface area (Å²) >= 11 is 0. The Labute approximate surface area is 117 Å². The molecule has 0 radical (unpaired) electrons. The number of nitrogens with one attached hydrogen (secondary N) is 1. The first kappa shape index (κ1) is 15.2. The molecule has 0 aromatic heterocycles. The normalized spacial score (nSPS) is 37.4. The number of nitrogens with zero attached hydrogens (tertiary/aromatic N) is 1. The van der Waals surface area contributed by atoms with Crippen molar-refractivity contribution in [1.82, 2.24) is 10.2 Å². The molecule has 1 aliphatic heterocycles. The highest BCUT2D eigenvalue weighted by atomic mass is 16.5. The first-order valence-corrected chi connectivity index (χ1v) is 7.76. The molecule has 1 saturated carbocycles. The van der Waals surface area contributed by atoms with Gasteiger partial charge in [0.25, 0.3) is 0 Å². The zero-order valence-electron chi connectivity index (χ0n) is 12.5. The number of aliphatic hydroxyl groups excluding tert-OH is 1. The van der Waals surface area contributed by atoms with Crippen LogP contribution in [0.5, 0.6) is 0 Å². The van der Waals surface area contributed by atoms with E-state index in [0.29, 0.717) is 12.0 Å². The smallest absolute Gasteiger partial charge is 0.0613 e. The van der Waals surface area contributed by atoms with E-state index in [-0.39, 0.29) is 12.1 Å². The summed E-state index contributed by atoms with van der Waals surface area (Å²) in [6.45, 7) is 3.54. The topological polar surface area (TPSA) is 44.7 Å². The number of likely N-dealkylation sites (N-methyl/N-ethyl adjacent to an activating group) is 1. The van der Waals surface area contributed by atoms with Gasteiger partial charge >= 0.3 is 0 Å². The van der Waals surface area contributed by atoms with Crippen LogP contribution in [0.3, 0.4) is 0 Å². The monoisotopic (exact) mass is 270 g/mol. The van der Waals surface area contributed by atoms with Crippen LogP contribution in [0.25, 0.3) is 0 Å². The Morgan fingerprint density at radius 3 is 2.89 bits per heavy atom. The molecule has 0 aromatic rings. The van der Waals surface area contributed by atoms with Gasteiger partial charge in [0, 0.05) is 25.2 Å². The molecule has 0 amide bonds. The van der Waals surface area contributed by atoms with Crippen LogP contribution < -0.4 is 5.32 Å². The molecule has 0 spiro atoms. The second kappa shape index (κ2) is 7.02. The standard InChI is InChI=1S/C15H30N2O2/c1-16-15(12-18)7-3-6-14(9-15)17-8-4-5-13(10-17)11-19-2/h13-14,16,18H,3-12H2,1-2H3. The van der Waals surface area contributed by atoms with E-state index >= 15 is 0 Å². The Morgan fingerprint density at radius 2 is 2.21 bits per heavy atom. The van der Waals surface area contributed by atoms with Crippen molar-refractivity contribution in [3.8, 4) is 0 Å². The fourth-order valence-corrected chi connectivity index (χ4v) is 3.89. The summed E-state index contributed by atoms with van der Waals surface area (Å²) in [5, 5.41) is 13.1. The molecule has 2 aliphatic rings. The Bertz CT molecular complexity index is 267. The molecule has 4 heteroatoms. The number of likely N-dealkylation sites (tertiary alicyclic amines) is 1. The zero-order chi connectivity index (χ0) is 13.7. The van der Waals surface area contributed by atoms with E-state index in [4.69, 9.17) is 4.74 Å². The average molecular weight is 270 g/mol. The van der Waals surface area contributed by atoms with Crippen LogP contribution in [0, 0.1) is 5.92 Å². The summed E-state index contributed by atoms with van der Waals surface area (Å²) in [4.78, 5) is 2.65. The van der Waals surface area contributed by atoms with Crippen molar-refractivity contribution in [1.29, 1.82) is 0 Å². The average Bonchev–Trinajstić information content (AvgIpc) is 2.48. The summed E-state index contributed by atoms with van der Waals surface area (Å²) in [5.74, 6) is 0.693. The van der Waals surface area contributed by atoms with E-state index in [1.165, 1.54) is 38.8 Å². The number of piperidine rings is 1. The molecule has 2 N–H and O–H groups in total. The van der Waals surface area contributed by atoms with E-state index in [9.17, 15) is 5.11 Å². The highest BCUT2D eigenvalue weighted by Gasteiger charge is 2.37. The number of methoxy groups -OCH3 is 1. The molecular formula is C15H30N2O2. The fraction of sp³-hybridized carbons (Fsp3) is 1.00. The van der Waals surface area contributed by atoms with Gasteiger partial charge in [-0.05, 0) is 58.0 Å². The van der Waals surface area contributed by atoms with Crippen molar-refractivity contribution < 1.29 is 9.84 Å². The lowest BCUT2D eigenvalue weighted by Gasteiger charge is -2.46. The summed E-state index contributed by atoms with van der Waals surface area (Å²) in [6, 6.07) is 0.632. The van der Waals surface area contributed by atoms with E-state index in [1.54, 1.807) is 7.11 Å². The maximum absolute atomic E-state index is 9.69. The van der Waals surface area contributed by atoms with Crippen molar-refractivity contribution >= 4 is 0 Å². The van der Waals surface area contributed by atoms with Crippen LogP contribution >= 0.6 is 0 Å². The Balaban J connectivity index is 1.93. The number of rotatable bonds is 5. The second-order valence-corrected chi connectivity index (χ2v) is 6.40. The number of hydrogen-bond acceptors (Lipinski definition) is 4. The van der Waals surface area contributed by atoms with Crippen LogP contribution in [0.1, 0.15) is 38.5 Å². The highest BCUT2D eigenvalue weighted by molar-refractivity contribution is 4.96. The largest absolute Gasteiger partial charge is 0.394 e. The summed E-state index contributed by atoms with van der Waals surface area (Å²) in [7, 11) is 3.79. The van der Waals surface area contributed by atoms with Gasteiger partial charge < -0.3 is 15.2 Å². The van der Waals surface area contributed by atoms with Crippen molar-refractivity contribution in [3.63, 3.8) is 0 Å². The molecule has 1 saturated heterocycles. The van der Waals surface area contributed by atoms with Gasteiger partial charge in [-0.1, -0.05) is 0 Å². The Morgan fingerprint density at radius 1 is 1.37 bits per heavy atom. The van der Waals surface area contributed by atoms with E-state index in [1.807, 2.05) is 7.05 Å². The molecule has 2 fully saturated rings. The van der Waals surface area contributed by atoms with Gasteiger partial charge in [0.1, 0.15) is 0 Å². The molecule has 0 aromatic carbocycles. The Hall–Kier alpha value is -0.160. The third kappa shape index (κ3) is 3.69. The minimum Gasteiger partial charge on any atom is -0.394 e. The molecule has 0 bridgehead atoms. The van der Waals surface area contributed by atoms with Crippen LogP contribution in [0.2, 0.25) is 0 Å². The molecule has 3 atom stereocenters. The van der Waals surface area contributed by atoms with E-state index in [2.05, 4.69) is 10.2 Å². The highest BCUT2D eigenvalue weighted by Crippen LogP contribution is 2.32. The summed E-state index contributed by atoms with van der Waals surface area (Å²) in [5.41, 5.74) is -0.0445. The van der Waals surface area contributed by atoms with Gasteiger partial charge in [-0.2, -0.15) is 0 Å². The van der Waals surface area contributed by atoms with Gasteiger partial charge in [-0.15, -0.1) is 0 Å². The van der Waals surface area contributed by atoms with Gasteiger partial charge in [0.15, 0.2) is 0 Å². The lowest BCUT2D eigenvalue weighted by Crippen LogP contribution is -2.56. The van der Waals surface area contributed by atoms with Crippen LogP contribution in [-0.4, -0.2) is 62.0 Å². The molecule has 1 heterocycles. The van der Waals surface area contributed by atoms with Crippen molar-refractivity contribution in [2.75, 3.05) is 40.5 Å². The first-order chi connectivity index (χ1) is 9.23. The van der Waals surface area contributed by atoms with Crippen molar-refractivity contribution in [2.45, 2.75) is 50.1 Å². The molecule has 112 valence electrons. The molecule has 3 unspecified atom stereocenters. The van der Waals surface area contributed by atoms with Crippen LogP contribution in [0.4, 0.5) is 0 Å². The minimum atomic E-state index is -0.0445. The third-order valence-electron chi connectivity index (χ3n) is 5.12. The maximum Gasteiger partial charge on any atom is 0.0613 e. The summed E-state index contributed by atoms with van der Waals surface area (Å²) < 4.78 is 5.32. The lowest BCUT2D eigenvalue weighted by atomic mass is 9.78. The first-order valence-electron chi connectivity index (χ1n) is 7.76. The SMILES string of the molecule is CNC1(CO)CCCC(N2CCCC(COC)C2)C1. The van der Waals surface area contributed by atoms with Crippen molar-refractivity contribution in [2.24, 2.45) is 5.92 Å². The van der Waals surface area contributed by atoms with E-state index < -0.39 is 0 Å². The van der Waals surface area contributed by atoms with Crippen LogP contribution in [-0.2, 0) is 4.74 Å². The predicted molar refractivity (Wildman–Crippen MR) is 77.3 cm³/mol. The lowest BCUT2D eigenvalue weighted by molar-refractivity contribution is 0.0254. The molecular weight excluding hydrogens is 240 g/mol. The molecule has 4 nitrogen and oxygen atoms in total. The molecule has 19 heavy (non-hydrogen) atoms. The summed E-state index contributed by atoms with van der Waals surface area (Å²) in [6.07, 6.45) is 7.27. The van der Waals surface area contributed by atoms with Gasteiger partial charge in [0.2, 0.25) is 0 Å². The number of aliphatic hydroxyl groups is 1. The predicted octanol–water partition coefficient (Wildman–Crippen LogP) is 1.24.